The van der Waals surface area contributed by atoms with E-state index in [9.17, 15) is 9.59 Å². The van der Waals surface area contributed by atoms with Crippen LogP contribution < -0.4 is 4.74 Å². The van der Waals surface area contributed by atoms with Crippen molar-refractivity contribution >= 4 is 11.9 Å². The summed E-state index contributed by atoms with van der Waals surface area (Å²) >= 11 is 0. The fourth-order valence-corrected chi connectivity index (χ4v) is 6.39. The van der Waals surface area contributed by atoms with Crippen LogP contribution in [0.1, 0.15) is 56.0 Å². The maximum absolute atomic E-state index is 13.8. The molecule has 6 heteroatoms. The SMILES string of the molecule is COC1C[C@H](N(CC(C)C)C(=O)c2ccccc2)C[C@]2(c3cccc(OC(C)=O)c3)CCN(C)C[C@@H]12. The van der Waals surface area contributed by atoms with E-state index in [1.165, 1.54) is 12.5 Å². The van der Waals surface area contributed by atoms with E-state index in [0.717, 1.165) is 37.9 Å². The van der Waals surface area contributed by atoms with Gasteiger partial charge in [-0.3, -0.25) is 9.59 Å². The predicted molar refractivity (Wildman–Crippen MR) is 141 cm³/mol. The van der Waals surface area contributed by atoms with Crippen molar-refractivity contribution in [3.05, 3.63) is 65.7 Å². The topological polar surface area (TPSA) is 59.1 Å². The predicted octanol–water partition coefficient (Wildman–Crippen LogP) is 4.78. The Hall–Kier alpha value is -2.70. The zero-order valence-electron chi connectivity index (χ0n) is 22.3. The molecule has 1 saturated heterocycles. The van der Waals surface area contributed by atoms with Gasteiger partial charge < -0.3 is 19.3 Å². The van der Waals surface area contributed by atoms with E-state index < -0.39 is 0 Å². The minimum atomic E-state index is -0.322. The summed E-state index contributed by atoms with van der Waals surface area (Å²) < 4.78 is 11.6. The highest BCUT2D eigenvalue weighted by Crippen LogP contribution is 2.51. The molecule has 0 aromatic heterocycles. The molecule has 0 spiro atoms. The second-order valence-corrected chi connectivity index (χ2v) is 11.0. The number of ether oxygens (including phenoxy) is 2. The highest BCUT2D eigenvalue weighted by Gasteiger charge is 2.53. The number of rotatable bonds is 7. The Labute approximate surface area is 215 Å². The van der Waals surface area contributed by atoms with Gasteiger partial charge in [-0.25, -0.2) is 0 Å². The summed E-state index contributed by atoms with van der Waals surface area (Å²) in [5.74, 6) is 0.953. The average Bonchev–Trinajstić information content (AvgIpc) is 2.86. The Balaban J connectivity index is 1.77. The molecule has 1 saturated carbocycles. The number of carbonyl (C=O) groups excluding carboxylic acids is 2. The first-order valence-electron chi connectivity index (χ1n) is 13.1. The second-order valence-electron chi connectivity index (χ2n) is 11.0. The number of fused-ring (bicyclic) bond motifs is 1. The van der Waals surface area contributed by atoms with Gasteiger partial charge in [-0.05, 0) is 68.6 Å². The van der Waals surface area contributed by atoms with Gasteiger partial charge in [-0.15, -0.1) is 0 Å². The molecule has 1 aliphatic carbocycles. The molecule has 1 unspecified atom stereocenters. The van der Waals surface area contributed by atoms with Crippen molar-refractivity contribution in [3.8, 4) is 5.75 Å². The fraction of sp³-hybridized carbons (Fsp3) is 0.533. The number of benzene rings is 2. The Morgan fingerprint density at radius 1 is 1.14 bits per heavy atom. The van der Waals surface area contributed by atoms with Crippen LogP contribution in [0, 0.1) is 11.8 Å². The molecule has 1 heterocycles. The summed E-state index contributed by atoms with van der Waals surface area (Å²) in [6, 6.07) is 17.6. The van der Waals surface area contributed by atoms with Gasteiger partial charge in [0.2, 0.25) is 0 Å². The van der Waals surface area contributed by atoms with Crippen molar-refractivity contribution in [2.24, 2.45) is 11.8 Å². The molecule has 4 rings (SSSR count). The average molecular weight is 493 g/mol. The van der Waals surface area contributed by atoms with Gasteiger partial charge in [-0.1, -0.05) is 44.2 Å². The summed E-state index contributed by atoms with van der Waals surface area (Å²) in [7, 11) is 3.97. The quantitative estimate of drug-likeness (QED) is 0.411. The van der Waals surface area contributed by atoms with E-state index in [1.807, 2.05) is 48.5 Å². The summed E-state index contributed by atoms with van der Waals surface area (Å²) in [5.41, 5.74) is 1.71. The molecule has 2 aliphatic rings. The Morgan fingerprint density at radius 3 is 2.56 bits per heavy atom. The Morgan fingerprint density at radius 2 is 1.89 bits per heavy atom. The van der Waals surface area contributed by atoms with Crippen molar-refractivity contribution in [1.82, 2.24) is 9.80 Å². The molecule has 1 amide bonds. The lowest BCUT2D eigenvalue weighted by Gasteiger charge is -2.56. The molecule has 6 nitrogen and oxygen atoms in total. The minimum absolute atomic E-state index is 0.0158. The number of amides is 1. The highest BCUT2D eigenvalue weighted by atomic mass is 16.5. The van der Waals surface area contributed by atoms with Crippen LogP contribution in [-0.2, 0) is 14.9 Å². The molecule has 0 N–H and O–H groups in total. The number of carbonyl (C=O) groups is 2. The molecule has 2 aromatic carbocycles. The van der Waals surface area contributed by atoms with Crippen molar-refractivity contribution in [2.45, 2.75) is 57.6 Å². The Kier molecular flexibility index (Phi) is 8.16. The van der Waals surface area contributed by atoms with E-state index in [-0.39, 0.29) is 35.4 Å². The van der Waals surface area contributed by atoms with Gasteiger partial charge in [-0.2, -0.15) is 0 Å². The first-order valence-corrected chi connectivity index (χ1v) is 13.1. The van der Waals surface area contributed by atoms with E-state index in [2.05, 4.69) is 36.8 Å². The van der Waals surface area contributed by atoms with Gasteiger partial charge in [0, 0.05) is 50.1 Å². The summed E-state index contributed by atoms with van der Waals surface area (Å²) in [6.45, 7) is 8.36. The molecule has 2 aromatic rings. The summed E-state index contributed by atoms with van der Waals surface area (Å²) in [5, 5.41) is 0. The van der Waals surface area contributed by atoms with E-state index in [1.54, 1.807) is 7.11 Å². The van der Waals surface area contributed by atoms with Crippen molar-refractivity contribution in [2.75, 3.05) is 33.8 Å². The molecule has 1 aliphatic heterocycles. The molecule has 0 bridgehead atoms. The molecule has 194 valence electrons. The standard InChI is InChI=1S/C30H40N2O4/c1-21(2)19-32(29(34)23-10-7-6-8-11-23)25-17-28(35-5)27-20-31(4)15-14-30(27,18-25)24-12-9-13-26(16-24)36-22(3)33/h6-13,16,21,25,27-28H,14-15,17-20H2,1-5H3/t25-,27-,28?,30-/m0/s1. The third-order valence-electron chi connectivity index (χ3n) is 7.97. The van der Waals surface area contributed by atoms with Crippen LogP contribution in [0.3, 0.4) is 0 Å². The van der Waals surface area contributed by atoms with Gasteiger partial charge in [0.05, 0.1) is 6.10 Å². The van der Waals surface area contributed by atoms with Gasteiger partial charge in [0.25, 0.3) is 5.91 Å². The third-order valence-corrected chi connectivity index (χ3v) is 7.97. The number of hydrogen-bond donors (Lipinski definition) is 0. The normalized spacial score (nSPS) is 26.3. The number of nitrogens with zero attached hydrogens (tertiary/aromatic N) is 2. The van der Waals surface area contributed by atoms with E-state index in [4.69, 9.17) is 9.47 Å². The van der Waals surface area contributed by atoms with Crippen LogP contribution in [0.2, 0.25) is 0 Å². The molecule has 0 radical (unpaired) electrons. The van der Waals surface area contributed by atoms with Gasteiger partial charge in [0.15, 0.2) is 0 Å². The summed E-state index contributed by atoms with van der Waals surface area (Å²) in [4.78, 5) is 30.0. The summed E-state index contributed by atoms with van der Waals surface area (Å²) in [6.07, 6.45) is 2.65. The lowest BCUT2D eigenvalue weighted by Crippen LogP contribution is -2.61. The monoisotopic (exact) mass is 492 g/mol. The van der Waals surface area contributed by atoms with Crippen LogP contribution in [0.15, 0.2) is 54.6 Å². The largest absolute Gasteiger partial charge is 0.427 e. The molecular formula is C30H40N2O4. The Bertz CT molecular complexity index is 1060. The van der Waals surface area contributed by atoms with Crippen LogP contribution in [0.4, 0.5) is 0 Å². The first-order chi connectivity index (χ1) is 17.2. The van der Waals surface area contributed by atoms with Crippen molar-refractivity contribution in [3.63, 3.8) is 0 Å². The first kappa shape index (κ1) is 26.4. The van der Waals surface area contributed by atoms with E-state index in [0.29, 0.717) is 18.2 Å². The minimum Gasteiger partial charge on any atom is -0.427 e. The zero-order chi connectivity index (χ0) is 25.9. The van der Waals surface area contributed by atoms with Gasteiger partial charge in [0.1, 0.15) is 5.75 Å². The number of hydrogen-bond acceptors (Lipinski definition) is 5. The van der Waals surface area contributed by atoms with E-state index >= 15 is 0 Å². The molecule has 4 atom stereocenters. The fourth-order valence-electron chi connectivity index (χ4n) is 6.39. The smallest absolute Gasteiger partial charge is 0.308 e. The maximum Gasteiger partial charge on any atom is 0.308 e. The molecular weight excluding hydrogens is 452 g/mol. The van der Waals surface area contributed by atoms with Crippen LogP contribution in [0.25, 0.3) is 0 Å². The third kappa shape index (κ3) is 5.50. The van der Waals surface area contributed by atoms with Crippen LogP contribution >= 0.6 is 0 Å². The zero-order valence-corrected chi connectivity index (χ0v) is 22.3. The highest BCUT2D eigenvalue weighted by molar-refractivity contribution is 5.94. The van der Waals surface area contributed by atoms with Crippen molar-refractivity contribution < 1.29 is 19.1 Å². The number of methoxy groups -OCH3 is 1. The molecule has 2 fully saturated rings. The lowest BCUT2D eigenvalue weighted by molar-refractivity contribution is -0.131. The second kappa shape index (κ2) is 11.1. The number of piperidine rings is 1. The maximum atomic E-state index is 13.8. The number of likely N-dealkylation sites (tertiary alicyclic amines) is 1. The lowest BCUT2D eigenvalue weighted by atomic mass is 9.56. The number of esters is 1. The van der Waals surface area contributed by atoms with Crippen molar-refractivity contribution in [1.29, 1.82) is 0 Å². The van der Waals surface area contributed by atoms with Gasteiger partial charge >= 0.3 is 5.97 Å². The van der Waals surface area contributed by atoms with Crippen LogP contribution in [-0.4, -0.2) is 67.6 Å². The van der Waals surface area contributed by atoms with Crippen LogP contribution in [0.5, 0.6) is 5.75 Å². The molecule has 36 heavy (non-hydrogen) atoms.